The first-order valence-electron chi connectivity index (χ1n) is 6.16. The molecule has 0 saturated heterocycles. The van der Waals surface area contributed by atoms with Crippen molar-refractivity contribution in [2.75, 3.05) is 11.9 Å². The van der Waals surface area contributed by atoms with Crippen LogP contribution in [-0.2, 0) is 11.4 Å². The Kier molecular flexibility index (Phi) is 5.61. The molecule has 0 unspecified atom stereocenters. The van der Waals surface area contributed by atoms with E-state index in [1.165, 1.54) is 0 Å². The van der Waals surface area contributed by atoms with E-state index in [0.717, 1.165) is 4.47 Å². The maximum absolute atomic E-state index is 11.8. The summed E-state index contributed by atoms with van der Waals surface area (Å²) in [5.41, 5.74) is 1.14. The van der Waals surface area contributed by atoms with E-state index in [4.69, 9.17) is 16.3 Å². The molecule has 0 heterocycles. The van der Waals surface area contributed by atoms with E-state index < -0.39 is 0 Å². The van der Waals surface area contributed by atoms with Crippen LogP contribution >= 0.6 is 27.5 Å². The van der Waals surface area contributed by atoms with E-state index in [-0.39, 0.29) is 19.1 Å². The maximum Gasteiger partial charge on any atom is 0.262 e. The van der Waals surface area contributed by atoms with Gasteiger partial charge in [-0.25, -0.2) is 0 Å². The summed E-state index contributed by atoms with van der Waals surface area (Å²) in [6.45, 7) is -0.415. The molecule has 2 aromatic carbocycles. The molecule has 1 amide bonds. The number of hydrogen-bond acceptors (Lipinski definition) is 3. The van der Waals surface area contributed by atoms with Crippen molar-refractivity contribution in [1.82, 2.24) is 0 Å². The van der Waals surface area contributed by atoms with Gasteiger partial charge in [0.1, 0.15) is 5.75 Å². The Morgan fingerprint density at radius 2 is 2.05 bits per heavy atom. The molecule has 6 heteroatoms. The SMILES string of the molecule is O=C(COc1cccc(Cl)c1CO)Nc1cccc(Br)c1. The van der Waals surface area contributed by atoms with E-state index in [0.29, 0.717) is 22.0 Å². The highest BCUT2D eigenvalue weighted by Gasteiger charge is 2.09. The number of carbonyl (C=O) groups excluding carboxylic acids is 1. The van der Waals surface area contributed by atoms with Crippen molar-refractivity contribution < 1.29 is 14.6 Å². The third-order valence-corrected chi connectivity index (χ3v) is 3.55. The number of rotatable bonds is 5. The van der Waals surface area contributed by atoms with Crippen LogP contribution in [0.3, 0.4) is 0 Å². The van der Waals surface area contributed by atoms with Gasteiger partial charge in [-0.3, -0.25) is 4.79 Å². The van der Waals surface area contributed by atoms with Gasteiger partial charge in [-0.05, 0) is 30.3 Å². The van der Waals surface area contributed by atoms with Gasteiger partial charge in [0.2, 0.25) is 0 Å². The number of anilines is 1. The molecular formula is C15H13BrClNO3. The van der Waals surface area contributed by atoms with Crippen LogP contribution in [0.5, 0.6) is 5.75 Å². The van der Waals surface area contributed by atoms with E-state index in [2.05, 4.69) is 21.2 Å². The van der Waals surface area contributed by atoms with Gasteiger partial charge in [-0.15, -0.1) is 0 Å². The predicted molar refractivity (Wildman–Crippen MR) is 85.6 cm³/mol. The molecule has 0 bridgehead atoms. The molecule has 0 atom stereocenters. The number of hydrogen-bond donors (Lipinski definition) is 2. The number of aliphatic hydroxyl groups is 1. The third kappa shape index (κ3) is 4.46. The number of benzene rings is 2. The summed E-state index contributed by atoms with van der Waals surface area (Å²) >= 11 is 9.28. The van der Waals surface area contributed by atoms with Crippen molar-refractivity contribution in [1.29, 1.82) is 0 Å². The first-order chi connectivity index (χ1) is 10.1. The number of amides is 1. The lowest BCUT2D eigenvalue weighted by molar-refractivity contribution is -0.118. The molecule has 4 nitrogen and oxygen atoms in total. The van der Waals surface area contributed by atoms with Gasteiger partial charge in [0.25, 0.3) is 5.91 Å². The zero-order valence-electron chi connectivity index (χ0n) is 11.0. The molecule has 0 aliphatic heterocycles. The molecule has 0 saturated carbocycles. The molecule has 0 aliphatic carbocycles. The topological polar surface area (TPSA) is 58.6 Å². The Balaban J connectivity index is 1.97. The van der Waals surface area contributed by atoms with Gasteiger partial charge >= 0.3 is 0 Å². The van der Waals surface area contributed by atoms with Crippen LogP contribution in [0.25, 0.3) is 0 Å². The standard InChI is InChI=1S/C15H13BrClNO3/c16-10-3-1-4-11(7-10)18-15(20)9-21-14-6-2-5-13(17)12(14)8-19/h1-7,19H,8-9H2,(H,18,20). The fourth-order valence-corrected chi connectivity index (χ4v) is 2.36. The molecule has 0 fully saturated rings. The zero-order chi connectivity index (χ0) is 15.2. The van der Waals surface area contributed by atoms with E-state index in [1.54, 1.807) is 30.3 Å². The lowest BCUT2D eigenvalue weighted by Gasteiger charge is -2.11. The second-order valence-electron chi connectivity index (χ2n) is 4.22. The third-order valence-electron chi connectivity index (χ3n) is 2.70. The molecule has 2 N–H and O–H groups in total. The summed E-state index contributed by atoms with van der Waals surface area (Å²) in [6.07, 6.45) is 0. The van der Waals surface area contributed by atoms with Crippen LogP contribution in [0.4, 0.5) is 5.69 Å². The quantitative estimate of drug-likeness (QED) is 0.845. The maximum atomic E-state index is 11.8. The number of aliphatic hydroxyl groups excluding tert-OH is 1. The first kappa shape index (κ1) is 15.8. The van der Waals surface area contributed by atoms with Crippen LogP contribution in [0.15, 0.2) is 46.9 Å². The lowest BCUT2D eigenvalue weighted by atomic mass is 10.2. The Morgan fingerprint density at radius 1 is 1.29 bits per heavy atom. The van der Waals surface area contributed by atoms with Crippen LogP contribution in [0.1, 0.15) is 5.56 Å². The van der Waals surface area contributed by atoms with Crippen LogP contribution in [-0.4, -0.2) is 17.6 Å². The molecule has 0 aliphatic rings. The summed E-state index contributed by atoms with van der Waals surface area (Å²) in [5.74, 6) is 0.103. The molecular weight excluding hydrogens is 358 g/mol. The van der Waals surface area contributed by atoms with E-state index in [1.807, 2.05) is 12.1 Å². The smallest absolute Gasteiger partial charge is 0.262 e. The van der Waals surface area contributed by atoms with Crippen LogP contribution in [0, 0.1) is 0 Å². The Morgan fingerprint density at radius 3 is 2.76 bits per heavy atom. The summed E-state index contributed by atoms with van der Waals surface area (Å²) in [7, 11) is 0. The van der Waals surface area contributed by atoms with Crippen molar-refractivity contribution in [2.45, 2.75) is 6.61 Å². The second-order valence-corrected chi connectivity index (χ2v) is 5.54. The molecule has 0 aromatic heterocycles. The average Bonchev–Trinajstić information content (AvgIpc) is 2.45. The van der Waals surface area contributed by atoms with Crippen molar-refractivity contribution in [3.05, 3.63) is 57.5 Å². The van der Waals surface area contributed by atoms with Crippen molar-refractivity contribution >= 4 is 39.1 Å². The predicted octanol–water partition coefficient (Wildman–Crippen LogP) is 3.61. The summed E-state index contributed by atoms with van der Waals surface area (Å²) in [5, 5.41) is 12.4. The summed E-state index contributed by atoms with van der Waals surface area (Å²) < 4.78 is 6.28. The van der Waals surface area contributed by atoms with Gasteiger partial charge in [0.05, 0.1) is 6.61 Å². The molecule has 2 rings (SSSR count). The molecule has 0 radical (unpaired) electrons. The van der Waals surface area contributed by atoms with E-state index >= 15 is 0 Å². The molecule has 0 spiro atoms. The number of ether oxygens (including phenoxy) is 1. The van der Waals surface area contributed by atoms with Crippen molar-refractivity contribution in [2.24, 2.45) is 0 Å². The van der Waals surface area contributed by atoms with Crippen LogP contribution in [0.2, 0.25) is 5.02 Å². The second kappa shape index (κ2) is 7.45. The van der Waals surface area contributed by atoms with Gasteiger partial charge < -0.3 is 15.2 Å². The molecule has 110 valence electrons. The zero-order valence-corrected chi connectivity index (χ0v) is 13.3. The highest BCUT2D eigenvalue weighted by molar-refractivity contribution is 9.10. The first-order valence-corrected chi connectivity index (χ1v) is 7.33. The number of halogens is 2. The summed E-state index contributed by atoms with van der Waals surface area (Å²) in [6, 6.07) is 12.3. The average molecular weight is 371 g/mol. The molecule has 21 heavy (non-hydrogen) atoms. The van der Waals surface area contributed by atoms with Crippen molar-refractivity contribution in [3.8, 4) is 5.75 Å². The van der Waals surface area contributed by atoms with Crippen molar-refractivity contribution in [3.63, 3.8) is 0 Å². The summed E-state index contributed by atoms with van der Waals surface area (Å²) in [4.78, 5) is 11.8. The fourth-order valence-electron chi connectivity index (χ4n) is 1.73. The Hall–Kier alpha value is -1.56. The van der Waals surface area contributed by atoms with E-state index in [9.17, 15) is 9.90 Å². The Labute approximate surface area is 135 Å². The van der Waals surface area contributed by atoms with Gasteiger partial charge in [0, 0.05) is 20.7 Å². The number of carbonyl (C=O) groups is 1. The normalized spacial score (nSPS) is 10.2. The lowest BCUT2D eigenvalue weighted by Crippen LogP contribution is -2.20. The van der Waals surface area contributed by atoms with Gasteiger partial charge in [-0.1, -0.05) is 39.7 Å². The largest absolute Gasteiger partial charge is 0.483 e. The fraction of sp³-hybridized carbons (Fsp3) is 0.133. The highest BCUT2D eigenvalue weighted by atomic mass is 79.9. The highest BCUT2D eigenvalue weighted by Crippen LogP contribution is 2.26. The van der Waals surface area contributed by atoms with Gasteiger partial charge in [-0.2, -0.15) is 0 Å². The van der Waals surface area contributed by atoms with Gasteiger partial charge in [0.15, 0.2) is 6.61 Å². The molecule has 2 aromatic rings. The Bertz CT molecular complexity index is 649. The minimum absolute atomic E-state index is 0.167. The minimum atomic E-state index is -0.294. The number of nitrogens with one attached hydrogen (secondary N) is 1. The minimum Gasteiger partial charge on any atom is -0.483 e. The monoisotopic (exact) mass is 369 g/mol. The van der Waals surface area contributed by atoms with Crippen LogP contribution < -0.4 is 10.1 Å².